The van der Waals surface area contributed by atoms with Crippen LogP contribution in [-0.4, -0.2) is 17.6 Å². The topological polar surface area (TPSA) is 90.2 Å². The highest BCUT2D eigenvalue weighted by Crippen LogP contribution is 2.26. The standard InChI is InChI=1S/C19H21N3O4S/c1-11-8-12(2)17(13(3)9-11)20-27(25,26)14-6-7-15-16(10-14)22(5)19(24)18(23)21(15)4/h6-10,20H,1-5H3. The summed E-state index contributed by atoms with van der Waals surface area (Å²) in [5.41, 5.74) is 2.70. The molecule has 0 atom stereocenters. The van der Waals surface area contributed by atoms with Crippen LogP contribution in [0.2, 0.25) is 0 Å². The van der Waals surface area contributed by atoms with E-state index in [0.717, 1.165) is 16.7 Å². The summed E-state index contributed by atoms with van der Waals surface area (Å²) in [7, 11) is -0.936. The molecule has 3 aromatic rings. The summed E-state index contributed by atoms with van der Waals surface area (Å²) in [4.78, 5) is 24.0. The third-order valence-electron chi connectivity index (χ3n) is 4.69. The number of nitrogens with one attached hydrogen (secondary N) is 1. The third kappa shape index (κ3) is 3.16. The molecule has 7 nitrogen and oxygen atoms in total. The zero-order chi connectivity index (χ0) is 20.1. The van der Waals surface area contributed by atoms with E-state index in [9.17, 15) is 18.0 Å². The molecule has 142 valence electrons. The first kappa shape index (κ1) is 18.9. The lowest BCUT2D eigenvalue weighted by Gasteiger charge is -2.15. The van der Waals surface area contributed by atoms with Gasteiger partial charge in [0.25, 0.3) is 10.0 Å². The molecule has 0 saturated heterocycles. The molecule has 0 bridgehead atoms. The van der Waals surface area contributed by atoms with Gasteiger partial charge in [0.1, 0.15) is 0 Å². The highest BCUT2D eigenvalue weighted by Gasteiger charge is 2.19. The SMILES string of the molecule is Cc1cc(C)c(NS(=O)(=O)c2ccc3c(c2)n(C)c(=O)c(=O)n3C)c(C)c1. The van der Waals surface area contributed by atoms with Crippen LogP contribution in [-0.2, 0) is 24.1 Å². The predicted octanol–water partition coefficient (Wildman–Crippen LogP) is 1.96. The maximum Gasteiger partial charge on any atom is 0.316 e. The third-order valence-corrected chi connectivity index (χ3v) is 6.03. The van der Waals surface area contributed by atoms with E-state index in [1.54, 1.807) is 0 Å². The molecule has 0 amide bonds. The van der Waals surface area contributed by atoms with Gasteiger partial charge in [0, 0.05) is 14.1 Å². The Balaban J connectivity index is 2.17. The van der Waals surface area contributed by atoms with Gasteiger partial charge in [-0.1, -0.05) is 17.7 Å². The number of sulfonamides is 1. The van der Waals surface area contributed by atoms with Gasteiger partial charge >= 0.3 is 11.1 Å². The summed E-state index contributed by atoms with van der Waals surface area (Å²) in [6.07, 6.45) is 0. The van der Waals surface area contributed by atoms with E-state index in [4.69, 9.17) is 0 Å². The molecular formula is C19H21N3O4S. The van der Waals surface area contributed by atoms with Crippen LogP contribution in [0.4, 0.5) is 5.69 Å². The quantitative estimate of drug-likeness (QED) is 0.696. The summed E-state index contributed by atoms with van der Waals surface area (Å²) in [5.74, 6) is 0. The lowest BCUT2D eigenvalue weighted by Crippen LogP contribution is -2.39. The molecule has 2 aromatic carbocycles. The second-order valence-electron chi connectivity index (χ2n) is 6.76. The Kier molecular flexibility index (Phi) is 4.47. The first-order valence-corrected chi connectivity index (χ1v) is 9.81. The molecule has 1 heterocycles. The Morgan fingerprint density at radius 1 is 0.815 bits per heavy atom. The van der Waals surface area contributed by atoms with Crippen LogP contribution in [0.25, 0.3) is 11.0 Å². The van der Waals surface area contributed by atoms with Crippen molar-refractivity contribution < 1.29 is 8.42 Å². The van der Waals surface area contributed by atoms with E-state index >= 15 is 0 Å². The molecule has 0 fully saturated rings. The number of anilines is 1. The van der Waals surface area contributed by atoms with E-state index < -0.39 is 21.1 Å². The first-order chi connectivity index (χ1) is 12.5. The van der Waals surface area contributed by atoms with Gasteiger partial charge in [0.2, 0.25) is 0 Å². The van der Waals surface area contributed by atoms with Crippen molar-refractivity contribution in [3.8, 4) is 0 Å². The molecule has 1 aromatic heterocycles. The lowest BCUT2D eigenvalue weighted by atomic mass is 10.1. The van der Waals surface area contributed by atoms with Crippen LogP contribution in [0.1, 0.15) is 16.7 Å². The van der Waals surface area contributed by atoms with Crippen LogP contribution >= 0.6 is 0 Å². The summed E-state index contributed by atoms with van der Waals surface area (Å²) < 4.78 is 30.9. The van der Waals surface area contributed by atoms with Gasteiger partial charge in [-0.05, 0) is 50.1 Å². The molecule has 1 N–H and O–H groups in total. The van der Waals surface area contributed by atoms with Crippen molar-refractivity contribution in [2.24, 2.45) is 14.1 Å². The van der Waals surface area contributed by atoms with Crippen LogP contribution in [0, 0.1) is 20.8 Å². The minimum Gasteiger partial charge on any atom is -0.305 e. The summed E-state index contributed by atoms with van der Waals surface area (Å²) in [6, 6.07) is 8.17. The monoisotopic (exact) mass is 387 g/mol. The average molecular weight is 387 g/mol. The largest absolute Gasteiger partial charge is 0.316 e. The fourth-order valence-corrected chi connectivity index (χ4v) is 4.49. The number of fused-ring (bicyclic) bond motifs is 1. The number of benzene rings is 2. The Morgan fingerprint density at radius 3 is 1.89 bits per heavy atom. The van der Waals surface area contributed by atoms with Gasteiger partial charge in [-0.3, -0.25) is 14.3 Å². The summed E-state index contributed by atoms with van der Waals surface area (Å²) in [6.45, 7) is 5.64. The highest BCUT2D eigenvalue weighted by molar-refractivity contribution is 7.92. The zero-order valence-electron chi connectivity index (χ0n) is 15.8. The van der Waals surface area contributed by atoms with Crippen LogP contribution < -0.4 is 15.8 Å². The van der Waals surface area contributed by atoms with Crippen molar-refractivity contribution in [1.29, 1.82) is 0 Å². The predicted molar refractivity (Wildman–Crippen MR) is 106 cm³/mol. The minimum atomic E-state index is -3.87. The van der Waals surface area contributed by atoms with Crippen molar-refractivity contribution in [3.63, 3.8) is 0 Å². The van der Waals surface area contributed by atoms with E-state index in [-0.39, 0.29) is 4.90 Å². The van der Waals surface area contributed by atoms with Gasteiger partial charge in [-0.15, -0.1) is 0 Å². The molecular weight excluding hydrogens is 366 g/mol. The van der Waals surface area contributed by atoms with Crippen LogP contribution in [0.15, 0.2) is 44.8 Å². The van der Waals surface area contributed by atoms with E-state index in [1.165, 1.54) is 41.4 Å². The van der Waals surface area contributed by atoms with Crippen molar-refractivity contribution in [2.75, 3.05) is 4.72 Å². The number of nitrogens with zero attached hydrogens (tertiary/aromatic N) is 2. The fourth-order valence-electron chi connectivity index (χ4n) is 3.26. The first-order valence-electron chi connectivity index (χ1n) is 8.33. The molecule has 0 aliphatic carbocycles. The van der Waals surface area contributed by atoms with Gasteiger partial charge in [0.15, 0.2) is 0 Å². The molecule has 8 heteroatoms. The Morgan fingerprint density at radius 2 is 1.33 bits per heavy atom. The smallest absolute Gasteiger partial charge is 0.305 e. The van der Waals surface area contributed by atoms with Gasteiger partial charge in [0.05, 0.1) is 21.6 Å². The summed E-state index contributed by atoms with van der Waals surface area (Å²) >= 11 is 0. The second-order valence-corrected chi connectivity index (χ2v) is 8.44. The fraction of sp³-hybridized carbons (Fsp3) is 0.263. The Hall–Kier alpha value is -2.87. The van der Waals surface area contributed by atoms with Crippen LogP contribution in [0.5, 0.6) is 0 Å². The van der Waals surface area contributed by atoms with Crippen molar-refractivity contribution in [2.45, 2.75) is 25.7 Å². The van der Waals surface area contributed by atoms with E-state index in [2.05, 4.69) is 4.72 Å². The van der Waals surface area contributed by atoms with Crippen LogP contribution in [0.3, 0.4) is 0 Å². The van der Waals surface area contributed by atoms with Crippen molar-refractivity contribution in [1.82, 2.24) is 9.13 Å². The number of aromatic nitrogens is 2. The van der Waals surface area contributed by atoms with Gasteiger partial charge in [-0.25, -0.2) is 8.42 Å². The van der Waals surface area contributed by atoms with Gasteiger partial charge < -0.3 is 9.13 Å². The maximum atomic E-state index is 12.9. The molecule has 0 unspecified atom stereocenters. The molecule has 0 spiro atoms. The Bertz CT molecular complexity index is 1280. The molecule has 0 aliphatic heterocycles. The van der Waals surface area contributed by atoms with E-state index in [0.29, 0.717) is 16.7 Å². The molecule has 0 saturated carbocycles. The number of rotatable bonds is 3. The molecule has 3 rings (SSSR count). The van der Waals surface area contributed by atoms with Crippen molar-refractivity contribution >= 4 is 26.7 Å². The number of hydrogen-bond donors (Lipinski definition) is 1. The number of aryl methyl sites for hydroxylation is 5. The minimum absolute atomic E-state index is 0.0167. The van der Waals surface area contributed by atoms with Gasteiger partial charge in [-0.2, -0.15) is 0 Å². The summed E-state index contributed by atoms with van der Waals surface area (Å²) in [5, 5.41) is 0. The molecule has 0 aliphatic rings. The number of hydrogen-bond acceptors (Lipinski definition) is 4. The zero-order valence-corrected chi connectivity index (χ0v) is 16.6. The highest BCUT2D eigenvalue weighted by atomic mass is 32.2. The molecule has 27 heavy (non-hydrogen) atoms. The maximum absolute atomic E-state index is 12.9. The van der Waals surface area contributed by atoms with E-state index in [1.807, 2.05) is 32.9 Å². The lowest BCUT2D eigenvalue weighted by molar-refractivity contribution is 0.601. The van der Waals surface area contributed by atoms with Crippen molar-refractivity contribution in [3.05, 3.63) is 67.7 Å². The second kappa shape index (κ2) is 6.38. The average Bonchev–Trinajstić information content (AvgIpc) is 2.60. The Labute approximate surface area is 156 Å². The normalized spacial score (nSPS) is 11.7. The molecule has 0 radical (unpaired) electrons.